The van der Waals surface area contributed by atoms with E-state index in [4.69, 9.17) is 23.2 Å². The molecule has 0 radical (unpaired) electrons. The van der Waals surface area contributed by atoms with Crippen molar-refractivity contribution < 1.29 is 18.0 Å². The highest BCUT2D eigenvalue weighted by atomic mass is 79.9. The summed E-state index contributed by atoms with van der Waals surface area (Å²) in [6, 6.07) is 4.35. The minimum Gasteiger partial charge on any atom is -0.328 e. The highest BCUT2D eigenvalue weighted by Gasteiger charge is 2.33. The summed E-state index contributed by atoms with van der Waals surface area (Å²) in [5.74, 6) is -0.883. The maximum absolute atomic E-state index is 12.4. The van der Waals surface area contributed by atoms with E-state index in [0.29, 0.717) is 9.37 Å². The molecule has 0 unspecified atom stereocenters. The Bertz CT molecular complexity index is 468. The standard InChI is InChI=1S/C11H9BrCl2F3NO/c12-7-1-2-8(9(14)5-7)10(19)18(4-3-13)6-11(15,16)17/h1-2,5H,3-4,6H2. The van der Waals surface area contributed by atoms with E-state index in [0.717, 1.165) is 0 Å². The van der Waals surface area contributed by atoms with Crippen LogP contribution < -0.4 is 0 Å². The molecule has 0 saturated heterocycles. The van der Waals surface area contributed by atoms with Gasteiger partial charge in [-0.2, -0.15) is 13.2 Å². The van der Waals surface area contributed by atoms with Crippen LogP contribution in [0.25, 0.3) is 0 Å². The normalized spacial score (nSPS) is 11.5. The zero-order valence-corrected chi connectivity index (χ0v) is 12.6. The van der Waals surface area contributed by atoms with Crippen LogP contribution in [0.4, 0.5) is 13.2 Å². The van der Waals surface area contributed by atoms with Crippen molar-refractivity contribution in [3.05, 3.63) is 33.3 Å². The molecule has 0 aliphatic heterocycles. The molecule has 0 N–H and O–H groups in total. The van der Waals surface area contributed by atoms with Crippen LogP contribution in [0.5, 0.6) is 0 Å². The second kappa shape index (κ2) is 6.81. The lowest BCUT2D eigenvalue weighted by molar-refractivity contribution is -0.140. The Labute approximate surface area is 126 Å². The lowest BCUT2D eigenvalue weighted by Gasteiger charge is -2.23. The third-order valence-electron chi connectivity index (χ3n) is 2.17. The van der Waals surface area contributed by atoms with Gasteiger partial charge in [0.05, 0.1) is 10.6 Å². The van der Waals surface area contributed by atoms with Crippen molar-refractivity contribution in [1.29, 1.82) is 0 Å². The molecular weight excluding hydrogens is 370 g/mol. The molecule has 1 aromatic carbocycles. The van der Waals surface area contributed by atoms with E-state index in [-0.39, 0.29) is 23.0 Å². The molecular formula is C11H9BrCl2F3NO. The SMILES string of the molecule is O=C(c1ccc(Br)cc1Cl)N(CCCl)CC(F)(F)F. The molecule has 1 rings (SSSR count). The minimum absolute atomic E-state index is 0.0132. The van der Waals surface area contributed by atoms with Crippen molar-refractivity contribution in [2.75, 3.05) is 19.0 Å². The molecule has 0 aromatic heterocycles. The smallest absolute Gasteiger partial charge is 0.328 e. The maximum atomic E-state index is 12.4. The Hall–Kier alpha value is -0.460. The number of benzene rings is 1. The second-order valence-electron chi connectivity index (χ2n) is 3.66. The fraction of sp³-hybridized carbons (Fsp3) is 0.364. The number of carbonyl (C=O) groups is 1. The Kier molecular flexibility index (Phi) is 5.95. The van der Waals surface area contributed by atoms with E-state index >= 15 is 0 Å². The van der Waals surface area contributed by atoms with Crippen molar-refractivity contribution in [3.8, 4) is 0 Å². The summed E-state index contributed by atoms with van der Waals surface area (Å²) in [4.78, 5) is 12.6. The number of alkyl halides is 4. The van der Waals surface area contributed by atoms with Crippen molar-refractivity contribution in [3.63, 3.8) is 0 Å². The fourth-order valence-corrected chi connectivity index (χ4v) is 2.36. The zero-order chi connectivity index (χ0) is 14.6. The zero-order valence-electron chi connectivity index (χ0n) is 9.48. The van der Waals surface area contributed by atoms with Crippen molar-refractivity contribution in [1.82, 2.24) is 4.90 Å². The topological polar surface area (TPSA) is 20.3 Å². The molecule has 0 spiro atoms. The van der Waals surface area contributed by atoms with Crippen LogP contribution in [-0.2, 0) is 0 Å². The molecule has 19 heavy (non-hydrogen) atoms. The molecule has 1 amide bonds. The van der Waals surface area contributed by atoms with Crippen LogP contribution in [-0.4, -0.2) is 36.0 Å². The number of rotatable bonds is 4. The maximum Gasteiger partial charge on any atom is 0.406 e. The van der Waals surface area contributed by atoms with Crippen LogP contribution >= 0.6 is 39.1 Å². The Morgan fingerprint density at radius 2 is 2.00 bits per heavy atom. The quantitative estimate of drug-likeness (QED) is 0.713. The van der Waals surface area contributed by atoms with Gasteiger partial charge in [-0.1, -0.05) is 27.5 Å². The summed E-state index contributed by atoms with van der Waals surface area (Å²) < 4.78 is 37.8. The van der Waals surface area contributed by atoms with Crippen LogP contribution in [0.1, 0.15) is 10.4 Å². The van der Waals surface area contributed by atoms with Crippen molar-refractivity contribution in [2.45, 2.75) is 6.18 Å². The average molecular weight is 379 g/mol. The molecule has 106 valence electrons. The van der Waals surface area contributed by atoms with E-state index in [1.165, 1.54) is 18.2 Å². The van der Waals surface area contributed by atoms with Crippen LogP contribution in [0.2, 0.25) is 5.02 Å². The van der Waals surface area contributed by atoms with Gasteiger partial charge in [0.25, 0.3) is 5.91 Å². The number of halogens is 6. The lowest BCUT2D eigenvalue weighted by Crippen LogP contribution is -2.40. The van der Waals surface area contributed by atoms with Gasteiger partial charge in [-0.15, -0.1) is 11.6 Å². The molecule has 0 aliphatic carbocycles. The Morgan fingerprint density at radius 1 is 1.37 bits per heavy atom. The van der Waals surface area contributed by atoms with E-state index in [1.807, 2.05) is 0 Å². The van der Waals surface area contributed by atoms with Gasteiger partial charge in [-0.25, -0.2) is 0 Å². The Morgan fingerprint density at radius 3 is 2.47 bits per heavy atom. The molecule has 1 aromatic rings. The third-order valence-corrected chi connectivity index (χ3v) is 3.15. The largest absolute Gasteiger partial charge is 0.406 e. The minimum atomic E-state index is -4.48. The number of nitrogens with zero attached hydrogens (tertiary/aromatic N) is 1. The van der Waals surface area contributed by atoms with Crippen molar-refractivity contribution in [2.24, 2.45) is 0 Å². The first-order chi connectivity index (χ1) is 8.74. The van der Waals surface area contributed by atoms with Gasteiger partial charge in [-0.05, 0) is 18.2 Å². The summed E-state index contributed by atoms with van der Waals surface area (Å²) in [6.07, 6.45) is -4.48. The van der Waals surface area contributed by atoms with E-state index < -0.39 is 18.6 Å². The third kappa shape index (κ3) is 5.20. The van der Waals surface area contributed by atoms with Gasteiger partial charge in [0.2, 0.25) is 0 Å². The predicted molar refractivity (Wildman–Crippen MR) is 71.8 cm³/mol. The lowest BCUT2D eigenvalue weighted by atomic mass is 10.2. The number of amides is 1. The first-order valence-corrected chi connectivity index (χ1v) is 6.82. The molecule has 8 heteroatoms. The van der Waals surface area contributed by atoms with Crippen molar-refractivity contribution >= 4 is 45.0 Å². The molecule has 0 heterocycles. The van der Waals surface area contributed by atoms with Crippen LogP contribution in [0.15, 0.2) is 22.7 Å². The summed E-state index contributed by atoms with van der Waals surface area (Å²) in [7, 11) is 0. The number of hydrogen-bond donors (Lipinski definition) is 0. The van der Waals surface area contributed by atoms with Gasteiger partial charge >= 0.3 is 6.18 Å². The Balaban J connectivity index is 2.99. The van der Waals surface area contributed by atoms with Crippen LogP contribution in [0, 0.1) is 0 Å². The van der Waals surface area contributed by atoms with Gasteiger partial charge in [0.1, 0.15) is 6.54 Å². The molecule has 2 nitrogen and oxygen atoms in total. The summed E-state index contributed by atoms with van der Waals surface area (Å²) in [6.45, 7) is -1.56. The average Bonchev–Trinajstić information content (AvgIpc) is 2.26. The summed E-state index contributed by atoms with van der Waals surface area (Å²) in [5, 5.41) is 0.0844. The van der Waals surface area contributed by atoms with Gasteiger partial charge in [0.15, 0.2) is 0 Å². The molecule has 0 fully saturated rings. The summed E-state index contributed by atoms with van der Waals surface area (Å²) >= 11 is 14.4. The first-order valence-electron chi connectivity index (χ1n) is 5.11. The van der Waals surface area contributed by atoms with Gasteiger partial charge in [-0.3, -0.25) is 4.79 Å². The number of hydrogen-bond acceptors (Lipinski definition) is 1. The first kappa shape index (κ1) is 16.6. The molecule has 0 bridgehead atoms. The van der Waals surface area contributed by atoms with Gasteiger partial charge < -0.3 is 4.90 Å². The van der Waals surface area contributed by atoms with E-state index in [1.54, 1.807) is 0 Å². The number of carbonyl (C=O) groups excluding carboxylic acids is 1. The molecule has 0 saturated carbocycles. The van der Waals surface area contributed by atoms with E-state index in [2.05, 4.69) is 15.9 Å². The molecule has 0 aliphatic rings. The van der Waals surface area contributed by atoms with E-state index in [9.17, 15) is 18.0 Å². The second-order valence-corrected chi connectivity index (χ2v) is 5.36. The van der Waals surface area contributed by atoms with Gasteiger partial charge in [0, 0.05) is 16.9 Å². The predicted octanol–water partition coefficient (Wildman–Crippen LogP) is 4.35. The highest BCUT2D eigenvalue weighted by molar-refractivity contribution is 9.10. The highest BCUT2D eigenvalue weighted by Crippen LogP contribution is 2.24. The molecule has 0 atom stereocenters. The summed E-state index contributed by atoms with van der Waals surface area (Å²) in [5.41, 5.74) is 0.0132. The van der Waals surface area contributed by atoms with Crippen LogP contribution in [0.3, 0.4) is 0 Å². The monoisotopic (exact) mass is 377 g/mol. The fourth-order valence-electron chi connectivity index (χ4n) is 1.40.